The van der Waals surface area contributed by atoms with E-state index in [1.165, 1.54) is 36.5 Å². The first-order chi connectivity index (χ1) is 15.6. The van der Waals surface area contributed by atoms with Crippen molar-refractivity contribution in [2.24, 2.45) is 5.92 Å². The van der Waals surface area contributed by atoms with Crippen LogP contribution in [-0.2, 0) is 0 Å². The van der Waals surface area contributed by atoms with Crippen molar-refractivity contribution in [3.63, 3.8) is 0 Å². The van der Waals surface area contributed by atoms with E-state index >= 15 is 0 Å². The largest absolute Gasteiger partial charge is 0.573 e. The smallest absolute Gasteiger partial charge is 0.399 e. The van der Waals surface area contributed by atoms with Gasteiger partial charge >= 0.3 is 6.36 Å². The fourth-order valence-electron chi connectivity index (χ4n) is 4.16. The van der Waals surface area contributed by atoms with Gasteiger partial charge in [0.1, 0.15) is 5.82 Å². The Bertz CT molecular complexity index is 1110. The molecule has 1 saturated carbocycles. The molecule has 1 fully saturated rings. The summed E-state index contributed by atoms with van der Waals surface area (Å²) in [4.78, 5) is 0. The third kappa shape index (κ3) is 5.34. The summed E-state index contributed by atoms with van der Waals surface area (Å²) >= 11 is 0. The Morgan fingerprint density at radius 2 is 1.21 bits per heavy atom. The summed E-state index contributed by atoms with van der Waals surface area (Å²) in [6, 6.07) is 13.2. The van der Waals surface area contributed by atoms with E-state index in [1.54, 1.807) is 6.07 Å². The predicted molar refractivity (Wildman–Crippen MR) is 114 cm³/mol. The first kappa shape index (κ1) is 23.2. The molecule has 0 N–H and O–H groups in total. The molecule has 173 valence electrons. The van der Waals surface area contributed by atoms with Crippen LogP contribution in [0.1, 0.15) is 38.2 Å². The summed E-state index contributed by atoms with van der Waals surface area (Å²) in [6.07, 6.45) is -0.754. The average molecular weight is 463 g/mol. The zero-order valence-corrected chi connectivity index (χ0v) is 17.8. The summed E-state index contributed by atoms with van der Waals surface area (Å²) in [7, 11) is 0. The summed E-state index contributed by atoms with van der Waals surface area (Å²) in [5, 5.41) is 0. The fraction of sp³-hybridized carbons (Fsp3) is 0.269. The number of rotatable bonds is 4. The summed E-state index contributed by atoms with van der Waals surface area (Å²) in [5.41, 5.74) is 2.15. The third-order valence-corrected chi connectivity index (χ3v) is 6.00. The van der Waals surface area contributed by atoms with Gasteiger partial charge in [0, 0.05) is 11.5 Å². The van der Waals surface area contributed by atoms with Gasteiger partial charge in [-0.25, -0.2) is 13.2 Å². The van der Waals surface area contributed by atoms with Crippen molar-refractivity contribution in [3.05, 3.63) is 83.5 Å². The van der Waals surface area contributed by atoms with E-state index in [4.69, 9.17) is 0 Å². The van der Waals surface area contributed by atoms with Gasteiger partial charge in [0.05, 0.1) is 0 Å². The van der Waals surface area contributed by atoms with Gasteiger partial charge in [-0.3, -0.25) is 0 Å². The summed E-state index contributed by atoms with van der Waals surface area (Å²) in [5.74, 6) is -3.32. The first-order valence-electron chi connectivity index (χ1n) is 10.6. The second-order valence-electron chi connectivity index (χ2n) is 8.37. The van der Waals surface area contributed by atoms with Crippen LogP contribution in [0.3, 0.4) is 0 Å². The van der Waals surface area contributed by atoms with Crippen molar-refractivity contribution in [1.82, 2.24) is 0 Å². The molecular weight excluding hydrogens is 442 g/mol. The Morgan fingerprint density at radius 3 is 1.76 bits per heavy atom. The number of ether oxygens (including phenoxy) is 1. The van der Waals surface area contributed by atoms with Crippen molar-refractivity contribution in [2.75, 3.05) is 0 Å². The molecule has 1 nitrogen and oxygen atoms in total. The van der Waals surface area contributed by atoms with Crippen LogP contribution in [0, 0.1) is 29.3 Å². The van der Waals surface area contributed by atoms with Gasteiger partial charge in [-0.2, -0.15) is 0 Å². The lowest BCUT2D eigenvalue weighted by molar-refractivity contribution is -0.276. The van der Waals surface area contributed by atoms with E-state index in [0.717, 1.165) is 24.3 Å². The predicted octanol–water partition coefficient (Wildman–Crippen LogP) is 8.47. The van der Waals surface area contributed by atoms with E-state index < -0.39 is 29.6 Å². The molecule has 7 heteroatoms. The molecule has 33 heavy (non-hydrogen) atoms. The highest BCUT2D eigenvalue weighted by Crippen LogP contribution is 2.37. The van der Waals surface area contributed by atoms with Crippen LogP contribution in [0.2, 0.25) is 0 Å². The molecule has 3 aromatic carbocycles. The van der Waals surface area contributed by atoms with Crippen LogP contribution in [0.25, 0.3) is 22.3 Å². The van der Waals surface area contributed by atoms with E-state index in [9.17, 15) is 26.3 Å². The Labute approximate surface area is 188 Å². The van der Waals surface area contributed by atoms with E-state index in [0.29, 0.717) is 17.7 Å². The molecule has 0 amide bonds. The number of hydrogen-bond acceptors (Lipinski definition) is 1. The molecule has 4 rings (SSSR count). The van der Waals surface area contributed by atoms with Gasteiger partial charge < -0.3 is 4.74 Å². The normalized spacial score (nSPS) is 15.6. The monoisotopic (exact) mass is 463 g/mol. The third-order valence-electron chi connectivity index (χ3n) is 6.00. The number of hydrogen-bond donors (Lipinski definition) is 0. The van der Waals surface area contributed by atoms with E-state index in [-0.39, 0.29) is 11.1 Å². The lowest BCUT2D eigenvalue weighted by Gasteiger charge is -2.26. The van der Waals surface area contributed by atoms with Gasteiger partial charge in [-0.15, -0.1) is 13.2 Å². The molecular formula is C26H21F6O. The molecule has 3 aromatic rings. The quantitative estimate of drug-likeness (QED) is 0.353. The van der Waals surface area contributed by atoms with Gasteiger partial charge in [0.2, 0.25) is 5.75 Å². The van der Waals surface area contributed by atoms with Crippen molar-refractivity contribution in [2.45, 2.75) is 39.0 Å². The summed E-state index contributed by atoms with van der Waals surface area (Å²) < 4.78 is 83.2. The SMILES string of the molecule is CC1CC[C](c2ccc(-c3ccc(-c4cc(F)c(OC(F)(F)F)c(F)c4)c(F)c3)cc2)CC1. The molecule has 1 aliphatic rings. The van der Waals surface area contributed by atoms with Crippen LogP contribution in [-0.4, -0.2) is 6.36 Å². The zero-order valence-electron chi connectivity index (χ0n) is 17.8. The molecule has 1 radical (unpaired) electrons. The Hall–Kier alpha value is -2.96. The molecule has 0 bridgehead atoms. The van der Waals surface area contributed by atoms with Crippen molar-refractivity contribution in [3.8, 4) is 28.0 Å². The fourth-order valence-corrected chi connectivity index (χ4v) is 4.16. The lowest BCUT2D eigenvalue weighted by atomic mass is 9.79. The second kappa shape index (κ2) is 9.12. The maximum Gasteiger partial charge on any atom is 0.573 e. The van der Waals surface area contributed by atoms with Crippen molar-refractivity contribution >= 4 is 0 Å². The minimum atomic E-state index is -5.25. The maximum absolute atomic E-state index is 14.8. The standard InChI is InChI=1S/C26H21F6O/c1-15-2-4-16(5-3-15)17-6-8-18(9-7-17)19-10-11-21(22(27)12-19)20-13-23(28)25(24(29)14-20)33-26(30,31)32/h6-15H,2-5H2,1H3. The van der Waals surface area contributed by atoms with Gasteiger partial charge in [0.25, 0.3) is 0 Å². The Kier molecular flexibility index (Phi) is 6.41. The molecule has 0 aromatic heterocycles. The number of benzene rings is 3. The van der Waals surface area contributed by atoms with Gasteiger partial charge in [-0.05, 0) is 72.1 Å². The molecule has 1 aliphatic carbocycles. The van der Waals surface area contributed by atoms with Crippen molar-refractivity contribution < 1.29 is 31.1 Å². The Morgan fingerprint density at radius 1 is 0.697 bits per heavy atom. The highest BCUT2D eigenvalue weighted by atomic mass is 19.4. The molecule has 0 heterocycles. The molecule has 0 spiro atoms. The average Bonchev–Trinajstić information content (AvgIpc) is 2.76. The Balaban J connectivity index is 1.56. The van der Waals surface area contributed by atoms with Crippen LogP contribution in [0.4, 0.5) is 26.3 Å². The highest BCUT2D eigenvalue weighted by Gasteiger charge is 2.34. The van der Waals surface area contributed by atoms with Crippen LogP contribution < -0.4 is 4.74 Å². The van der Waals surface area contributed by atoms with E-state index in [2.05, 4.69) is 11.7 Å². The second-order valence-corrected chi connectivity index (χ2v) is 8.37. The maximum atomic E-state index is 14.8. The molecule has 0 unspecified atom stereocenters. The van der Waals surface area contributed by atoms with Crippen LogP contribution in [0.5, 0.6) is 5.75 Å². The summed E-state index contributed by atoms with van der Waals surface area (Å²) in [6.45, 7) is 2.26. The number of alkyl halides is 3. The molecule has 0 aliphatic heterocycles. The van der Waals surface area contributed by atoms with Crippen LogP contribution in [0.15, 0.2) is 54.6 Å². The minimum Gasteiger partial charge on any atom is -0.399 e. The highest BCUT2D eigenvalue weighted by molar-refractivity contribution is 5.72. The van der Waals surface area contributed by atoms with Gasteiger partial charge in [-0.1, -0.05) is 43.3 Å². The zero-order chi connectivity index (χ0) is 23.8. The first-order valence-corrected chi connectivity index (χ1v) is 10.6. The van der Waals surface area contributed by atoms with Gasteiger partial charge in [0.15, 0.2) is 11.6 Å². The molecule has 0 atom stereocenters. The topological polar surface area (TPSA) is 9.23 Å². The number of halogens is 6. The lowest BCUT2D eigenvalue weighted by Crippen LogP contribution is -2.19. The van der Waals surface area contributed by atoms with Crippen molar-refractivity contribution in [1.29, 1.82) is 0 Å². The molecule has 0 saturated heterocycles. The minimum absolute atomic E-state index is 0.140. The van der Waals surface area contributed by atoms with E-state index in [1.807, 2.05) is 24.3 Å². The van der Waals surface area contributed by atoms with Crippen LogP contribution >= 0.6 is 0 Å².